The largest absolute Gasteiger partial charge is 0.508 e. The fourth-order valence-corrected chi connectivity index (χ4v) is 1.66. The van der Waals surface area contributed by atoms with Gasteiger partial charge in [-0.1, -0.05) is 35.9 Å². The molecule has 0 aliphatic carbocycles. The molecular weight excluding hydrogens is 276 g/mol. The Balaban J connectivity index is 1.86. The molecule has 20 heavy (non-hydrogen) atoms. The van der Waals surface area contributed by atoms with Gasteiger partial charge in [-0.2, -0.15) is 0 Å². The van der Waals surface area contributed by atoms with E-state index in [0.29, 0.717) is 5.02 Å². The predicted molar refractivity (Wildman–Crippen MR) is 78.4 cm³/mol. The van der Waals surface area contributed by atoms with Gasteiger partial charge in [-0.05, 0) is 41.5 Å². The molecule has 0 aromatic heterocycles. The number of phenols is 1. The summed E-state index contributed by atoms with van der Waals surface area (Å²) in [6, 6.07) is 13.6. The second-order valence-electron chi connectivity index (χ2n) is 4.16. The van der Waals surface area contributed by atoms with E-state index in [1.807, 2.05) is 0 Å². The first-order chi connectivity index (χ1) is 9.63. The number of halogens is 1. The van der Waals surface area contributed by atoms with Crippen LogP contribution < -0.4 is 0 Å². The molecule has 2 aromatic carbocycles. The van der Waals surface area contributed by atoms with Crippen LogP contribution in [0.2, 0.25) is 5.02 Å². The molecule has 3 nitrogen and oxygen atoms in total. The van der Waals surface area contributed by atoms with Gasteiger partial charge in [0.2, 0.25) is 0 Å². The van der Waals surface area contributed by atoms with Crippen LogP contribution in [0.3, 0.4) is 0 Å². The van der Waals surface area contributed by atoms with Crippen LogP contribution in [0.25, 0.3) is 6.08 Å². The molecule has 0 atom stereocenters. The minimum atomic E-state index is -0.423. The summed E-state index contributed by atoms with van der Waals surface area (Å²) in [5.74, 6) is -0.236. The monoisotopic (exact) mass is 288 g/mol. The zero-order chi connectivity index (χ0) is 14.4. The van der Waals surface area contributed by atoms with Gasteiger partial charge < -0.3 is 9.84 Å². The summed E-state index contributed by atoms with van der Waals surface area (Å²) in [5.41, 5.74) is 1.69. The quantitative estimate of drug-likeness (QED) is 0.687. The summed E-state index contributed by atoms with van der Waals surface area (Å²) in [6.07, 6.45) is 2.98. The van der Waals surface area contributed by atoms with Gasteiger partial charge in [0.05, 0.1) is 0 Å². The average molecular weight is 289 g/mol. The number of carbonyl (C=O) groups is 1. The molecule has 0 amide bonds. The van der Waals surface area contributed by atoms with Crippen molar-refractivity contribution in [2.45, 2.75) is 6.61 Å². The van der Waals surface area contributed by atoms with Gasteiger partial charge in [0.1, 0.15) is 12.4 Å². The Morgan fingerprint density at radius 1 is 1.10 bits per heavy atom. The van der Waals surface area contributed by atoms with E-state index >= 15 is 0 Å². The number of ether oxygens (including phenoxy) is 1. The number of carbonyl (C=O) groups excluding carboxylic acids is 1. The zero-order valence-corrected chi connectivity index (χ0v) is 11.4. The molecular formula is C16H13ClO3. The number of aromatic hydroxyl groups is 1. The highest BCUT2D eigenvalue weighted by molar-refractivity contribution is 6.30. The smallest absolute Gasteiger partial charge is 0.331 e. The molecule has 0 saturated heterocycles. The van der Waals surface area contributed by atoms with Gasteiger partial charge in [0.25, 0.3) is 0 Å². The van der Waals surface area contributed by atoms with Crippen LogP contribution in [0, 0.1) is 0 Å². The second-order valence-corrected chi connectivity index (χ2v) is 4.60. The molecule has 0 heterocycles. The van der Waals surface area contributed by atoms with Crippen LogP contribution in [0.5, 0.6) is 5.75 Å². The Morgan fingerprint density at radius 2 is 1.75 bits per heavy atom. The fourth-order valence-electron chi connectivity index (χ4n) is 1.53. The van der Waals surface area contributed by atoms with Crippen molar-refractivity contribution in [1.82, 2.24) is 0 Å². The van der Waals surface area contributed by atoms with Gasteiger partial charge in [-0.15, -0.1) is 0 Å². The van der Waals surface area contributed by atoms with E-state index in [9.17, 15) is 4.79 Å². The average Bonchev–Trinajstić information content (AvgIpc) is 2.46. The molecule has 0 saturated carbocycles. The molecule has 0 bridgehead atoms. The maximum Gasteiger partial charge on any atom is 0.331 e. The normalized spacial score (nSPS) is 10.7. The summed E-state index contributed by atoms with van der Waals surface area (Å²) in [4.78, 5) is 11.5. The van der Waals surface area contributed by atoms with Crippen LogP contribution in [0.1, 0.15) is 11.1 Å². The molecule has 0 radical (unpaired) electrons. The van der Waals surface area contributed by atoms with Crippen LogP contribution in [0.15, 0.2) is 54.6 Å². The Hall–Kier alpha value is -2.26. The third-order valence-corrected chi connectivity index (χ3v) is 2.85. The summed E-state index contributed by atoms with van der Waals surface area (Å²) in [7, 11) is 0. The Morgan fingerprint density at radius 3 is 2.40 bits per heavy atom. The Kier molecular flexibility index (Phi) is 4.80. The highest BCUT2D eigenvalue weighted by atomic mass is 35.5. The van der Waals surface area contributed by atoms with E-state index in [2.05, 4.69) is 0 Å². The summed E-state index contributed by atoms with van der Waals surface area (Å²) in [5, 5.41) is 9.78. The number of phenolic OH excluding ortho intramolecular Hbond substituents is 1. The van der Waals surface area contributed by atoms with Crippen molar-refractivity contribution in [3.63, 3.8) is 0 Å². The molecule has 0 unspecified atom stereocenters. The molecule has 2 rings (SSSR count). The van der Waals surface area contributed by atoms with E-state index in [-0.39, 0.29) is 12.4 Å². The van der Waals surface area contributed by atoms with E-state index in [1.165, 1.54) is 6.08 Å². The van der Waals surface area contributed by atoms with E-state index in [1.54, 1.807) is 54.6 Å². The van der Waals surface area contributed by atoms with Gasteiger partial charge >= 0.3 is 5.97 Å². The number of hydrogen-bond acceptors (Lipinski definition) is 3. The van der Waals surface area contributed by atoms with Crippen molar-refractivity contribution >= 4 is 23.6 Å². The van der Waals surface area contributed by atoms with E-state index in [4.69, 9.17) is 21.4 Å². The zero-order valence-electron chi connectivity index (χ0n) is 10.6. The first-order valence-electron chi connectivity index (χ1n) is 6.02. The topological polar surface area (TPSA) is 46.5 Å². The highest BCUT2D eigenvalue weighted by Gasteiger charge is 1.99. The first-order valence-corrected chi connectivity index (χ1v) is 6.39. The second kappa shape index (κ2) is 6.78. The van der Waals surface area contributed by atoms with Crippen molar-refractivity contribution in [2.24, 2.45) is 0 Å². The third-order valence-electron chi connectivity index (χ3n) is 2.60. The van der Waals surface area contributed by atoms with Gasteiger partial charge in [-0.3, -0.25) is 0 Å². The molecule has 0 aliphatic rings. The van der Waals surface area contributed by atoms with E-state index < -0.39 is 5.97 Å². The van der Waals surface area contributed by atoms with Crippen molar-refractivity contribution in [3.05, 3.63) is 70.8 Å². The summed E-state index contributed by atoms with van der Waals surface area (Å²) in [6.45, 7) is 0.204. The van der Waals surface area contributed by atoms with Crippen molar-refractivity contribution in [1.29, 1.82) is 0 Å². The number of rotatable bonds is 4. The van der Waals surface area contributed by atoms with Crippen LogP contribution in [-0.2, 0) is 16.1 Å². The highest BCUT2D eigenvalue weighted by Crippen LogP contribution is 2.12. The minimum absolute atomic E-state index is 0.187. The lowest BCUT2D eigenvalue weighted by atomic mass is 10.2. The molecule has 0 spiro atoms. The van der Waals surface area contributed by atoms with Crippen LogP contribution in [-0.4, -0.2) is 11.1 Å². The lowest BCUT2D eigenvalue weighted by Gasteiger charge is -2.02. The number of esters is 1. The first kappa shape index (κ1) is 14.2. The maximum atomic E-state index is 11.5. The molecule has 102 valence electrons. The van der Waals surface area contributed by atoms with Crippen molar-refractivity contribution < 1.29 is 14.6 Å². The lowest BCUT2D eigenvalue weighted by molar-refractivity contribution is -0.138. The summed E-state index contributed by atoms with van der Waals surface area (Å²) < 4.78 is 5.10. The standard InChI is InChI=1S/C16H13ClO3/c17-14-6-1-13(2-7-14)11-20-16(19)10-5-12-3-8-15(18)9-4-12/h1-10,18H,11H2/b10-5+. The molecule has 4 heteroatoms. The number of hydrogen-bond donors (Lipinski definition) is 1. The Bertz CT molecular complexity index is 601. The predicted octanol–water partition coefficient (Wildman–Crippen LogP) is 3.80. The van der Waals surface area contributed by atoms with Gasteiger partial charge in [0.15, 0.2) is 0 Å². The number of benzene rings is 2. The molecule has 1 N–H and O–H groups in total. The third kappa shape index (κ3) is 4.44. The van der Waals surface area contributed by atoms with Crippen LogP contribution in [0.4, 0.5) is 0 Å². The maximum absolute atomic E-state index is 11.5. The van der Waals surface area contributed by atoms with Gasteiger partial charge in [0, 0.05) is 11.1 Å². The molecule has 2 aromatic rings. The van der Waals surface area contributed by atoms with Crippen molar-refractivity contribution in [2.75, 3.05) is 0 Å². The SMILES string of the molecule is O=C(/C=C/c1ccc(O)cc1)OCc1ccc(Cl)cc1. The Labute approximate surface area is 122 Å². The minimum Gasteiger partial charge on any atom is -0.508 e. The summed E-state index contributed by atoms with van der Waals surface area (Å²) >= 11 is 5.77. The van der Waals surface area contributed by atoms with Gasteiger partial charge in [-0.25, -0.2) is 4.79 Å². The fraction of sp³-hybridized carbons (Fsp3) is 0.0625. The van der Waals surface area contributed by atoms with Crippen molar-refractivity contribution in [3.8, 4) is 5.75 Å². The lowest BCUT2D eigenvalue weighted by Crippen LogP contribution is -2.00. The van der Waals surface area contributed by atoms with Crippen LogP contribution >= 0.6 is 11.6 Å². The van der Waals surface area contributed by atoms with E-state index in [0.717, 1.165) is 11.1 Å². The molecule has 0 fully saturated rings. The molecule has 0 aliphatic heterocycles.